The van der Waals surface area contributed by atoms with Gasteiger partial charge in [-0.1, -0.05) is 84.9 Å². The van der Waals surface area contributed by atoms with Gasteiger partial charge in [0.25, 0.3) is 0 Å². The molecule has 3 nitrogen and oxygen atoms in total. The van der Waals surface area contributed by atoms with Gasteiger partial charge in [0, 0.05) is 36.6 Å². The van der Waals surface area contributed by atoms with Crippen LogP contribution in [0.15, 0.2) is 115 Å². The number of nitrogens with one attached hydrogen (secondary N) is 2. The standard InChI is InChI=1S/C31H27N3/c1-32-27-17-18-29(33-2)28(21-27)31-20-26(19-30(34-31)25-11-7-4-8-12-25)24-15-13-23(14-16-24)22-9-5-3-6-10-22/h3-21,32-33H,1-2H3. The second-order valence-electron chi connectivity index (χ2n) is 8.20. The van der Waals surface area contributed by atoms with E-state index < -0.39 is 0 Å². The maximum absolute atomic E-state index is 5.08. The first-order chi connectivity index (χ1) is 16.7. The topological polar surface area (TPSA) is 37.0 Å². The SMILES string of the molecule is CNc1ccc(NC)c(-c2cc(-c3ccc(-c4ccccc4)cc3)cc(-c3ccccc3)n2)c1. The van der Waals surface area contributed by atoms with Crippen molar-refractivity contribution in [3.05, 3.63) is 115 Å². The molecule has 166 valence electrons. The summed E-state index contributed by atoms with van der Waals surface area (Å²) in [4.78, 5) is 5.08. The Balaban J connectivity index is 1.65. The maximum Gasteiger partial charge on any atom is 0.0737 e. The Hall–Kier alpha value is -4.37. The van der Waals surface area contributed by atoms with E-state index in [2.05, 4.69) is 114 Å². The van der Waals surface area contributed by atoms with Crippen LogP contribution in [0.5, 0.6) is 0 Å². The van der Waals surface area contributed by atoms with Crippen LogP contribution in [0.1, 0.15) is 0 Å². The predicted molar refractivity (Wildman–Crippen MR) is 145 cm³/mol. The average molecular weight is 442 g/mol. The first kappa shape index (κ1) is 21.5. The molecule has 1 heterocycles. The van der Waals surface area contributed by atoms with E-state index in [1.54, 1.807) is 0 Å². The Bertz CT molecular complexity index is 1390. The van der Waals surface area contributed by atoms with Gasteiger partial charge in [-0.15, -0.1) is 0 Å². The van der Waals surface area contributed by atoms with Gasteiger partial charge in [0.15, 0.2) is 0 Å². The van der Waals surface area contributed by atoms with Crippen molar-refractivity contribution in [2.24, 2.45) is 0 Å². The number of pyridine rings is 1. The van der Waals surface area contributed by atoms with E-state index in [1.807, 2.05) is 26.2 Å². The molecule has 0 aliphatic carbocycles. The molecule has 3 heteroatoms. The van der Waals surface area contributed by atoms with Gasteiger partial charge in [-0.2, -0.15) is 0 Å². The highest BCUT2D eigenvalue weighted by molar-refractivity contribution is 5.84. The lowest BCUT2D eigenvalue weighted by Gasteiger charge is -2.15. The number of hydrogen-bond acceptors (Lipinski definition) is 3. The summed E-state index contributed by atoms with van der Waals surface area (Å²) in [6.07, 6.45) is 0. The molecule has 0 saturated carbocycles. The highest BCUT2D eigenvalue weighted by Gasteiger charge is 2.12. The van der Waals surface area contributed by atoms with Gasteiger partial charge in [0.05, 0.1) is 11.4 Å². The van der Waals surface area contributed by atoms with E-state index >= 15 is 0 Å². The number of aromatic nitrogens is 1. The van der Waals surface area contributed by atoms with Crippen molar-refractivity contribution >= 4 is 11.4 Å². The summed E-state index contributed by atoms with van der Waals surface area (Å²) in [5.41, 5.74) is 10.9. The molecular formula is C31H27N3. The third kappa shape index (κ3) is 4.41. The normalized spacial score (nSPS) is 10.6. The smallest absolute Gasteiger partial charge is 0.0737 e. The molecule has 2 N–H and O–H groups in total. The fourth-order valence-electron chi connectivity index (χ4n) is 4.21. The first-order valence-corrected chi connectivity index (χ1v) is 11.5. The molecule has 0 fully saturated rings. The van der Waals surface area contributed by atoms with Gasteiger partial charge in [0.1, 0.15) is 0 Å². The molecule has 1 aromatic heterocycles. The van der Waals surface area contributed by atoms with Gasteiger partial charge in [-0.25, -0.2) is 4.98 Å². The van der Waals surface area contributed by atoms with Crippen molar-refractivity contribution in [2.75, 3.05) is 24.7 Å². The summed E-state index contributed by atoms with van der Waals surface area (Å²) in [6, 6.07) is 40.3. The molecule has 0 unspecified atom stereocenters. The lowest BCUT2D eigenvalue weighted by molar-refractivity contribution is 1.32. The van der Waals surface area contributed by atoms with Crippen LogP contribution in [0.25, 0.3) is 44.8 Å². The molecule has 0 atom stereocenters. The van der Waals surface area contributed by atoms with Crippen LogP contribution >= 0.6 is 0 Å². The fourth-order valence-corrected chi connectivity index (χ4v) is 4.21. The summed E-state index contributed by atoms with van der Waals surface area (Å²) >= 11 is 0. The molecule has 5 aromatic rings. The Morgan fingerprint density at radius 1 is 0.471 bits per heavy atom. The van der Waals surface area contributed by atoms with Gasteiger partial charge in [0.2, 0.25) is 0 Å². The van der Waals surface area contributed by atoms with Crippen molar-refractivity contribution in [3.63, 3.8) is 0 Å². The van der Waals surface area contributed by atoms with Crippen molar-refractivity contribution < 1.29 is 0 Å². The second kappa shape index (κ2) is 9.63. The van der Waals surface area contributed by atoms with Crippen molar-refractivity contribution in [3.8, 4) is 44.8 Å². The number of nitrogens with zero attached hydrogens (tertiary/aromatic N) is 1. The molecule has 0 bridgehead atoms. The quantitative estimate of drug-likeness (QED) is 0.282. The van der Waals surface area contributed by atoms with E-state index in [4.69, 9.17) is 4.98 Å². The summed E-state index contributed by atoms with van der Waals surface area (Å²) in [7, 11) is 3.88. The second-order valence-corrected chi connectivity index (χ2v) is 8.20. The minimum Gasteiger partial charge on any atom is -0.388 e. The molecule has 0 aliphatic rings. The minimum absolute atomic E-state index is 0.935. The van der Waals surface area contributed by atoms with E-state index in [0.29, 0.717) is 0 Å². The molecule has 5 rings (SSSR count). The molecule has 0 aliphatic heterocycles. The van der Waals surface area contributed by atoms with Crippen LogP contribution in [0.4, 0.5) is 11.4 Å². The van der Waals surface area contributed by atoms with E-state index in [1.165, 1.54) is 11.1 Å². The van der Waals surface area contributed by atoms with Crippen molar-refractivity contribution in [2.45, 2.75) is 0 Å². The van der Waals surface area contributed by atoms with Gasteiger partial charge in [-0.3, -0.25) is 0 Å². The summed E-state index contributed by atoms with van der Waals surface area (Å²) in [6.45, 7) is 0. The van der Waals surface area contributed by atoms with Gasteiger partial charge >= 0.3 is 0 Å². The van der Waals surface area contributed by atoms with Crippen LogP contribution in [-0.2, 0) is 0 Å². The highest BCUT2D eigenvalue weighted by atomic mass is 14.9. The number of benzene rings is 4. The molecule has 4 aromatic carbocycles. The monoisotopic (exact) mass is 441 g/mol. The molecule has 34 heavy (non-hydrogen) atoms. The van der Waals surface area contributed by atoms with Crippen molar-refractivity contribution in [1.82, 2.24) is 4.98 Å². The zero-order chi connectivity index (χ0) is 23.3. The van der Waals surface area contributed by atoms with Crippen LogP contribution in [0.2, 0.25) is 0 Å². The van der Waals surface area contributed by atoms with Crippen LogP contribution in [-0.4, -0.2) is 19.1 Å². The third-order valence-corrected chi connectivity index (χ3v) is 6.07. The average Bonchev–Trinajstić information content (AvgIpc) is 2.93. The Labute approximate surface area is 201 Å². The zero-order valence-electron chi connectivity index (χ0n) is 19.4. The third-order valence-electron chi connectivity index (χ3n) is 6.07. The molecule has 0 saturated heterocycles. The van der Waals surface area contributed by atoms with Gasteiger partial charge in [-0.05, 0) is 52.6 Å². The molecule has 0 spiro atoms. The Morgan fingerprint density at radius 3 is 1.65 bits per heavy atom. The van der Waals surface area contributed by atoms with Crippen LogP contribution in [0.3, 0.4) is 0 Å². The first-order valence-electron chi connectivity index (χ1n) is 11.5. The minimum atomic E-state index is 0.935. The van der Waals surface area contributed by atoms with Gasteiger partial charge < -0.3 is 10.6 Å². The zero-order valence-corrected chi connectivity index (χ0v) is 19.4. The number of hydrogen-bond donors (Lipinski definition) is 2. The summed E-state index contributed by atoms with van der Waals surface area (Å²) in [5.74, 6) is 0. The van der Waals surface area contributed by atoms with Crippen LogP contribution in [0, 0.1) is 0 Å². The summed E-state index contributed by atoms with van der Waals surface area (Å²) in [5, 5.41) is 6.57. The Morgan fingerprint density at radius 2 is 1.03 bits per heavy atom. The van der Waals surface area contributed by atoms with Crippen LogP contribution < -0.4 is 10.6 Å². The molecule has 0 amide bonds. The maximum atomic E-state index is 5.08. The molecule has 0 radical (unpaired) electrons. The van der Waals surface area contributed by atoms with E-state index in [0.717, 1.165) is 45.0 Å². The van der Waals surface area contributed by atoms with Crippen molar-refractivity contribution in [1.29, 1.82) is 0 Å². The van der Waals surface area contributed by atoms with E-state index in [9.17, 15) is 0 Å². The lowest BCUT2D eigenvalue weighted by Crippen LogP contribution is -1.97. The fraction of sp³-hybridized carbons (Fsp3) is 0.0645. The number of anilines is 2. The lowest BCUT2D eigenvalue weighted by atomic mass is 9.97. The van der Waals surface area contributed by atoms with E-state index in [-0.39, 0.29) is 0 Å². The highest BCUT2D eigenvalue weighted by Crippen LogP contribution is 2.35. The predicted octanol–water partition coefficient (Wildman–Crippen LogP) is 7.83. The Kier molecular flexibility index (Phi) is 6.09. The molecular weight excluding hydrogens is 414 g/mol. The number of rotatable bonds is 6. The summed E-state index contributed by atoms with van der Waals surface area (Å²) < 4.78 is 0. The largest absolute Gasteiger partial charge is 0.388 e.